The van der Waals surface area contributed by atoms with Crippen LogP contribution < -0.4 is 5.73 Å². The van der Waals surface area contributed by atoms with Crippen molar-refractivity contribution in [2.24, 2.45) is 5.73 Å². The molecule has 0 aliphatic carbocycles. The Morgan fingerprint density at radius 3 is 2.86 bits per heavy atom. The fourth-order valence-electron chi connectivity index (χ4n) is 1.22. The number of ether oxygens (including phenoxy) is 1. The van der Waals surface area contributed by atoms with Gasteiger partial charge in [0, 0.05) is 19.5 Å². The number of nitrogens with one attached hydrogen (secondary N) is 1. The predicted molar refractivity (Wildman–Crippen MR) is 55.8 cm³/mol. The first kappa shape index (κ1) is 11.2. The molecule has 0 saturated carbocycles. The van der Waals surface area contributed by atoms with Gasteiger partial charge in [-0.2, -0.15) is 0 Å². The van der Waals surface area contributed by atoms with Crippen molar-refractivity contribution in [3.05, 3.63) is 18.2 Å². The monoisotopic (exact) mass is 197 g/mol. The summed E-state index contributed by atoms with van der Waals surface area (Å²) in [5, 5.41) is 0. The second kappa shape index (κ2) is 4.57. The molecule has 1 unspecified atom stereocenters. The first-order valence-corrected chi connectivity index (χ1v) is 4.85. The number of hydrogen-bond donors (Lipinski definition) is 2. The largest absolute Gasteiger partial charge is 0.379 e. The minimum atomic E-state index is -0.107. The van der Waals surface area contributed by atoms with E-state index in [0.717, 1.165) is 18.7 Å². The molecule has 0 radical (unpaired) electrons. The lowest BCUT2D eigenvalue weighted by Crippen LogP contribution is -2.25. The first-order chi connectivity index (χ1) is 6.55. The lowest BCUT2D eigenvalue weighted by atomic mass is 9.99. The standard InChI is InChI=1S/C10H19N3O/c1-10(2,14-3)5-4-8(11)9-12-6-7-13-9/h6-8H,4-5,11H2,1-3H3,(H,12,13). The van der Waals surface area contributed by atoms with Crippen LogP contribution in [0.15, 0.2) is 12.4 Å². The molecule has 0 aromatic carbocycles. The highest BCUT2D eigenvalue weighted by atomic mass is 16.5. The van der Waals surface area contributed by atoms with Gasteiger partial charge in [0.25, 0.3) is 0 Å². The van der Waals surface area contributed by atoms with Crippen LogP contribution in [-0.4, -0.2) is 22.7 Å². The lowest BCUT2D eigenvalue weighted by molar-refractivity contribution is 0.0123. The fraction of sp³-hybridized carbons (Fsp3) is 0.700. The van der Waals surface area contributed by atoms with Crippen molar-refractivity contribution in [1.29, 1.82) is 0 Å². The normalized spacial score (nSPS) is 14.3. The zero-order valence-corrected chi connectivity index (χ0v) is 9.08. The molecule has 0 aliphatic rings. The summed E-state index contributed by atoms with van der Waals surface area (Å²) < 4.78 is 5.32. The van der Waals surface area contributed by atoms with E-state index in [9.17, 15) is 0 Å². The number of aromatic amines is 1. The highest BCUT2D eigenvalue weighted by Gasteiger charge is 2.18. The van der Waals surface area contributed by atoms with Crippen molar-refractivity contribution in [2.75, 3.05) is 7.11 Å². The Morgan fingerprint density at radius 1 is 1.64 bits per heavy atom. The van der Waals surface area contributed by atoms with Gasteiger partial charge >= 0.3 is 0 Å². The Bertz CT molecular complexity index is 256. The summed E-state index contributed by atoms with van der Waals surface area (Å²) >= 11 is 0. The Morgan fingerprint density at radius 2 is 2.36 bits per heavy atom. The van der Waals surface area contributed by atoms with E-state index < -0.39 is 0 Å². The minimum absolute atomic E-state index is 0.0283. The molecule has 80 valence electrons. The zero-order valence-electron chi connectivity index (χ0n) is 9.08. The number of imidazole rings is 1. The molecule has 0 spiro atoms. The van der Waals surface area contributed by atoms with Gasteiger partial charge in [0.1, 0.15) is 5.82 Å². The van der Waals surface area contributed by atoms with Gasteiger partial charge < -0.3 is 15.5 Å². The van der Waals surface area contributed by atoms with Crippen LogP contribution in [-0.2, 0) is 4.74 Å². The van der Waals surface area contributed by atoms with Crippen molar-refractivity contribution in [1.82, 2.24) is 9.97 Å². The van der Waals surface area contributed by atoms with Gasteiger partial charge in [0.2, 0.25) is 0 Å². The molecule has 1 atom stereocenters. The van der Waals surface area contributed by atoms with Gasteiger partial charge in [-0.15, -0.1) is 0 Å². The molecule has 4 heteroatoms. The Hall–Kier alpha value is -0.870. The molecular formula is C10H19N3O. The number of nitrogens with two attached hydrogens (primary N) is 1. The van der Waals surface area contributed by atoms with Gasteiger partial charge in [0.15, 0.2) is 0 Å². The maximum atomic E-state index is 5.95. The summed E-state index contributed by atoms with van der Waals surface area (Å²) in [6.45, 7) is 4.11. The molecule has 1 aromatic rings. The number of rotatable bonds is 5. The quantitative estimate of drug-likeness (QED) is 0.753. The van der Waals surface area contributed by atoms with E-state index in [4.69, 9.17) is 10.5 Å². The van der Waals surface area contributed by atoms with Crippen molar-refractivity contribution in [3.8, 4) is 0 Å². The molecular weight excluding hydrogens is 178 g/mol. The van der Waals surface area contributed by atoms with Gasteiger partial charge in [-0.1, -0.05) is 0 Å². The smallest absolute Gasteiger partial charge is 0.123 e. The Labute approximate surface area is 84.9 Å². The first-order valence-electron chi connectivity index (χ1n) is 4.85. The third kappa shape index (κ3) is 3.12. The van der Waals surface area contributed by atoms with Gasteiger partial charge in [-0.3, -0.25) is 0 Å². The molecule has 3 N–H and O–H groups in total. The van der Waals surface area contributed by atoms with E-state index in [0.29, 0.717) is 0 Å². The molecule has 0 amide bonds. The lowest BCUT2D eigenvalue weighted by Gasteiger charge is -2.23. The van der Waals surface area contributed by atoms with Gasteiger partial charge in [0.05, 0.1) is 11.6 Å². The molecule has 0 aliphatic heterocycles. The minimum Gasteiger partial charge on any atom is -0.379 e. The number of aromatic nitrogens is 2. The van der Waals surface area contributed by atoms with Crippen LogP contribution in [0.4, 0.5) is 0 Å². The summed E-state index contributed by atoms with van der Waals surface area (Å²) in [4.78, 5) is 7.14. The molecule has 0 fully saturated rings. The summed E-state index contributed by atoms with van der Waals surface area (Å²) in [5.41, 5.74) is 5.85. The highest BCUT2D eigenvalue weighted by molar-refractivity contribution is 4.94. The van der Waals surface area contributed by atoms with Crippen LogP contribution in [0.1, 0.15) is 38.6 Å². The van der Waals surface area contributed by atoms with E-state index in [1.165, 1.54) is 0 Å². The number of methoxy groups -OCH3 is 1. The Kier molecular flexibility index (Phi) is 3.66. The van der Waals surface area contributed by atoms with Crippen LogP contribution in [0.25, 0.3) is 0 Å². The van der Waals surface area contributed by atoms with Crippen LogP contribution in [0, 0.1) is 0 Å². The van der Waals surface area contributed by atoms with Crippen LogP contribution in [0.3, 0.4) is 0 Å². The van der Waals surface area contributed by atoms with Crippen molar-refractivity contribution in [3.63, 3.8) is 0 Å². The Balaban J connectivity index is 2.39. The second-order valence-corrected chi connectivity index (χ2v) is 4.08. The molecule has 1 aromatic heterocycles. The average molecular weight is 197 g/mol. The van der Waals surface area contributed by atoms with E-state index in [-0.39, 0.29) is 11.6 Å². The van der Waals surface area contributed by atoms with E-state index >= 15 is 0 Å². The van der Waals surface area contributed by atoms with Crippen LogP contribution in [0.5, 0.6) is 0 Å². The molecule has 14 heavy (non-hydrogen) atoms. The maximum Gasteiger partial charge on any atom is 0.123 e. The third-order valence-corrected chi connectivity index (χ3v) is 2.48. The van der Waals surface area contributed by atoms with Crippen molar-refractivity contribution >= 4 is 0 Å². The number of hydrogen-bond acceptors (Lipinski definition) is 3. The van der Waals surface area contributed by atoms with Gasteiger partial charge in [-0.25, -0.2) is 4.98 Å². The topological polar surface area (TPSA) is 63.9 Å². The third-order valence-electron chi connectivity index (χ3n) is 2.48. The molecule has 4 nitrogen and oxygen atoms in total. The van der Waals surface area contributed by atoms with Crippen molar-refractivity contribution < 1.29 is 4.74 Å². The molecule has 0 bridgehead atoms. The predicted octanol–water partition coefficient (Wildman–Crippen LogP) is 1.61. The second-order valence-electron chi connectivity index (χ2n) is 4.08. The highest BCUT2D eigenvalue weighted by Crippen LogP contribution is 2.20. The SMILES string of the molecule is COC(C)(C)CCC(N)c1ncc[nH]1. The maximum absolute atomic E-state index is 5.95. The number of nitrogens with zero attached hydrogens (tertiary/aromatic N) is 1. The summed E-state index contributed by atoms with van der Waals surface area (Å²) in [6.07, 6.45) is 5.30. The fourth-order valence-corrected chi connectivity index (χ4v) is 1.22. The summed E-state index contributed by atoms with van der Waals surface area (Å²) in [6, 6.07) is -0.0283. The van der Waals surface area contributed by atoms with E-state index in [2.05, 4.69) is 23.8 Å². The van der Waals surface area contributed by atoms with Crippen LogP contribution in [0.2, 0.25) is 0 Å². The van der Waals surface area contributed by atoms with Crippen LogP contribution >= 0.6 is 0 Å². The van der Waals surface area contributed by atoms with E-state index in [1.807, 2.05) is 0 Å². The zero-order chi connectivity index (χ0) is 10.6. The summed E-state index contributed by atoms with van der Waals surface area (Å²) in [7, 11) is 1.72. The van der Waals surface area contributed by atoms with E-state index in [1.54, 1.807) is 19.5 Å². The van der Waals surface area contributed by atoms with Gasteiger partial charge in [-0.05, 0) is 26.7 Å². The number of H-pyrrole nitrogens is 1. The molecule has 1 heterocycles. The average Bonchev–Trinajstić information content (AvgIpc) is 2.67. The molecule has 1 rings (SSSR count). The molecule has 0 saturated heterocycles. The van der Waals surface area contributed by atoms with Crippen molar-refractivity contribution in [2.45, 2.75) is 38.3 Å². The summed E-state index contributed by atoms with van der Waals surface area (Å²) in [5.74, 6) is 0.844.